The predicted octanol–water partition coefficient (Wildman–Crippen LogP) is 2.65. The Morgan fingerprint density at radius 2 is 1.89 bits per heavy atom. The molecule has 0 heterocycles. The van der Waals surface area contributed by atoms with Crippen molar-refractivity contribution in [2.24, 2.45) is 17.6 Å². The van der Waals surface area contributed by atoms with Crippen LogP contribution in [0.15, 0.2) is 0 Å². The zero-order valence-electron chi connectivity index (χ0n) is 12.6. The average Bonchev–Trinajstić information content (AvgIpc) is 2.23. The molecule has 1 unspecified atom stereocenters. The second-order valence-corrected chi connectivity index (χ2v) is 7.25. The highest BCUT2D eigenvalue weighted by Crippen LogP contribution is 2.16. The minimum atomic E-state index is -0.260. The second kappa shape index (κ2) is 8.81. The van der Waals surface area contributed by atoms with Crippen LogP contribution in [0.2, 0.25) is 0 Å². The molecule has 0 aliphatic heterocycles. The topological polar surface area (TPSA) is 55.1 Å². The van der Waals surface area contributed by atoms with E-state index in [-0.39, 0.29) is 11.4 Å². The molecule has 0 saturated carbocycles. The van der Waals surface area contributed by atoms with Gasteiger partial charge in [0.05, 0.1) is 5.75 Å². The molecule has 18 heavy (non-hydrogen) atoms. The standard InChI is InChI=1S/C14H30N2OS/c1-11(2)6-7-18-9-13(17)16-14(5,10-15)8-12(3)4/h11-12H,6-10,15H2,1-5H3,(H,16,17). The van der Waals surface area contributed by atoms with Crippen molar-refractivity contribution in [3.8, 4) is 0 Å². The zero-order valence-corrected chi connectivity index (χ0v) is 13.4. The van der Waals surface area contributed by atoms with Crippen molar-refractivity contribution in [1.82, 2.24) is 5.32 Å². The number of amides is 1. The maximum Gasteiger partial charge on any atom is 0.230 e. The summed E-state index contributed by atoms with van der Waals surface area (Å²) in [5.41, 5.74) is 5.52. The first-order chi connectivity index (χ1) is 8.29. The van der Waals surface area contributed by atoms with E-state index in [4.69, 9.17) is 5.73 Å². The Bertz CT molecular complexity index is 244. The molecule has 3 N–H and O–H groups in total. The van der Waals surface area contributed by atoms with E-state index in [0.717, 1.165) is 18.6 Å². The summed E-state index contributed by atoms with van der Waals surface area (Å²) >= 11 is 1.71. The average molecular weight is 274 g/mol. The Hall–Kier alpha value is -0.220. The first-order valence-electron chi connectivity index (χ1n) is 6.88. The fourth-order valence-corrected chi connectivity index (χ4v) is 2.98. The molecular weight excluding hydrogens is 244 g/mol. The van der Waals surface area contributed by atoms with Gasteiger partial charge in [-0.25, -0.2) is 0 Å². The van der Waals surface area contributed by atoms with E-state index in [2.05, 4.69) is 33.0 Å². The van der Waals surface area contributed by atoms with Crippen molar-refractivity contribution in [2.75, 3.05) is 18.1 Å². The van der Waals surface area contributed by atoms with Crippen molar-refractivity contribution in [1.29, 1.82) is 0 Å². The van der Waals surface area contributed by atoms with Crippen LogP contribution in [0.3, 0.4) is 0 Å². The fourth-order valence-electron chi connectivity index (χ4n) is 1.94. The highest BCUT2D eigenvalue weighted by Gasteiger charge is 2.25. The van der Waals surface area contributed by atoms with Crippen LogP contribution in [0.25, 0.3) is 0 Å². The van der Waals surface area contributed by atoms with Gasteiger partial charge in [0.25, 0.3) is 0 Å². The summed E-state index contributed by atoms with van der Waals surface area (Å²) < 4.78 is 0. The van der Waals surface area contributed by atoms with Gasteiger partial charge < -0.3 is 11.1 Å². The van der Waals surface area contributed by atoms with Gasteiger partial charge in [0.15, 0.2) is 0 Å². The Morgan fingerprint density at radius 3 is 2.33 bits per heavy atom. The molecule has 0 aliphatic carbocycles. The quantitative estimate of drug-likeness (QED) is 0.636. The minimum Gasteiger partial charge on any atom is -0.349 e. The number of hydrogen-bond acceptors (Lipinski definition) is 3. The predicted molar refractivity (Wildman–Crippen MR) is 81.8 cm³/mol. The third kappa shape index (κ3) is 8.81. The molecule has 0 radical (unpaired) electrons. The first kappa shape index (κ1) is 17.8. The van der Waals surface area contributed by atoms with E-state index in [9.17, 15) is 4.79 Å². The monoisotopic (exact) mass is 274 g/mol. The summed E-state index contributed by atoms with van der Waals surface area (Å²) in [5, 5.41) is 3.08. The Labute approximate surface area is 117 Å². The molecular formula is C14H30N2OS. The molecule has 4 heteroatoms. The lowest BCUT2D eigenvalue weighted by Gasteiger charge is -2.31. The van der Waals surface area contributed by atoms with Crippen LogP contribution in [0.1, 0.15) is 47.5 Å². The van der Waals surface area contributed by atoms with Gasteiger partial charge in [-0.15, -0.1) is 0 Å². The SMILES string of the molecule is CC(C)CCSCC(=O)NC(C)(CN)CC(C)C. The number of thioether (sulfide) groups is 1. The molecule has 1 atom stereocenters. The van der Waals surface area contributed by atoms with Crippen LogP contribution < -0.4 is 11.1 Å². The lowest BCUT2D eigenvalue weighted by atomic mass is 9.91. The van der Waals surface area contributed by atoms with Gasteiger partial charge in [-0.3, -0.25) is 4.79 Å². The van der Waals surface area contributed by atoms with E-state index in [0.29, 0.717) is 24.1 Å². The van der Waals surface area contributed by atoms with E-state index in [1.54, 1.807) is 11.8 Å². The molecule has 0 aromatic rings. The largest absolute Gasteiger partial charge is 0.349 e. The summed E-state index contributed by atoms with van der Waals surface area (Å²) in [7, 11) is 0. The van der Waals surface area contributed by atoms with E-state index < -0.39 is 0 Å². The maximum absolute atomic E-state index is 11.9. The van der Waals surface area contributed by atoms with Crippen LogP contribution in [0.4, 0.5) is 0 Å². The summed E-state index contributed by atoms with van der Waals surface area (Å²) in [6.07, 6.45) is 2.09. The molecule has 0 aromatic carbocycles. The Balaban J connectivity index is 3.96. The summed E-state index contributed by atoms with van der Waals surface area (Å²) in [6.45, 7) is 11.2. The molecule has 0 aromatic heterocycles. The fraction of sp³-hybridized carbons (Fsp3) is 0.929. The van der Waals surface area contributed by atoms with Gasteiger partial charge in [0.1, 0.15) is 0 Å². The van der Waals surface area contributed by atoms with E-state index in [1.165, 1.54) is 0 Å². The number of nitrogens with one attached hydrogen (secondary N) is 1. The highest BCUT2D eigenvalue weighted by atomic mass is 32.2. The molecule has 0 rings (SSSR count). The molecule has 0 spiro atoms. The minimum absolute atomic E-state index is 0.109. The number of rotatable bonds is 9. The van der Waals surface area contributed by atoms with Crippen molar-refractivity contribution < 1.29 is 4.79 Å². The van der Waals surface area contributed by atoms with E-state index >= 15 is 0 Å². The van der Waals surface area contributed by atoms with Crippen LogP contribution in [-0.2, 0) is 4.79 Å². The van der Waals surface area contributed by atoms with Crippen LogP contribution >= 0.6 is 11.8 Å². The van der Waals surface area contributed by atoms with E-state index in [1.807, 2.05) is 6.92 Å². The molecule has 1 amide bonds. The van der Waals surface area contributed by atoms with Gasteiger partial charge in [-0.1, -0.05) is 27.7 Å². The van der Waals surface area contributed by atoms with Crippen molar-refractivity contribution >= 4 is 17.7 Å². The third-order valence-electron chi connectivity index (χ3n) is 2.82. The van der Waals surface area contributed by atoms with Crippen molar-refractivity contribution in [3.63, 3.8) is 0 Å². The van der Waals surface area contributed by atoms with Gasteiger partial charge in [0, 0.05) is 12.1 Å². The lowest BCUT2D eigenvalue weighted by Crippen LogP contribution is -2.52. The van der Waals surface area contributed by atoms with Crippen LogP contribution in [0.5, 0.6) is 0 Å². The molecule has 0 bridgehead atoms. The summed E-state index contributed by atoms with van der Waals surface area (Å²) in [6, 6.07) is 0. The van der Waals surface area contributed by atoms with Crippen LogP contribution in [0, 0.1) is 11.8 Å². The Morgan fingerprint density at radius 1 is 1.28 bits per heavy atom. The molecule has 0 aliphatic rings. The highest BCUT2D eigenvalue weighted by molar-refractivity contribution is 7.99. The smallest absolute Gasteiger partial charge is 0.230 e. The second-order valence-electron chi connectivity index (χ2n) is 6.15. The van der Waals surface area contributed by atoms with Gasteiger partial charge in [0.2, 0.25) is 5.91 Å². The number of hydrogen-bond donors (Lipinski definition) is 2. The van der Waals surface area contributed by atoms with Gasteiger partial charge in [-0.2, -0.15) is 11.8 Å². The van der Waals surface area contributed by atoms with Crippen LogP contribution in [-0.4, -0.2) is 29.5 Å². The molecule has 0 fully saturated rings. The Kier molecular flexibility index (Phi) is 8.70. The number of carbonyl (C=O) groups excluding carboxylic acids is 1. The van der Waals surface area contributed by atoms with Gasteiger partial charge in [-0.05, 0) is 37.4 Å². The summed E-state index contributed by atoms with van der Waals surface area (Å²) in [4.78, 5) is 11.9. The third-order valence-corrected chi connectivity index (χ3v) is 3.81. The van der Waals surface area contributed by atoms with Gasteiger partial charge >= 0.3 is 0 Å². The summed E-state index contributed by atoms with van der Waals surface area (Å²) in [5.74, 6) is 2.94. The normalized spacial score (nSPS) is 14.9. The number of nitrogens with two attached hydrogens (primary N) is 1. The maximum atomic E-state index is 11.9. The molecule has 108 valence electrons. The lowest BCUT2D eigenvalue weighted by molar-refractivity contribution is -0.120. The zero-order chi connectivity index (χ0) is 14.2. The molecule has 0 saturated heterocycles. The molecule has 3 nitrogen and oxygen atoms in total. The number of carbonyl (C=O) groups is 1. The van der Waals surface area contributed by atoms with Crippen molar-refractivity contribution in [2.45, 2.75) is 53.0 Å². The first-order valence-corrected chi connectivity index (χ1v) is 8.03. The van der Waals surface area contributed by atoms with Crippen molar-refractivity contribution in [3.05, 3.63) is 0 Å².